The molecule has 18 heavy (non-hydrogen) atoms. The molecule has 0 aromatic carbocycles. The minimum absolute atomic E-state index is 0.130. The molecule has 1 rings (SSSR count). The van der Waals surface area contributed by atoms with Gasteiger partial charge in [0, 0.05) is 13.8 Å². The summed E-state index contributed by atoms with van der Waals surface area (Å²) in [5, 5.41) is 7.42. The maximum Gasteiger partial charge on any atom is 0.302 e. The summed E-state index contributed by atoms with van der Waals surface area (Å²) in [6.45, 7) is 9.28. The van der Waals surface area contributed by atoms with E-state index in [0.29, 0.717) is 17.8 Å². The molecule has 0 aromatic heterocycles. The van der Waals surface area contributed by atoms with Gasteiger partial charge in [0.1, 0.15) is 6.10 Å². The number of carbonyl (C=O) groups excluding carboxylic acids is 1. The standard InChI is InChI=1S/C12H22O2.C2H4O2/c1-8(2)11-6-5-9(3)7-12(11)14-10(4)13;1-2(3)4/h8-9,11-12H,5-7H2,1-4H3;1H3,(H,3,4)/t9-,11+,12-;/m1./s1. The van der Waals surface area contributed by atoms with Crippen molar-refractivity contribution in [2.45, 2.75) is 60.0 Å². The van der Waals surface area contributed by atoms with Crippen LogP contribution in [0.15, 0.2) is 0 Å². The number of esters is 1. The second-order valence-electron chi connectivity index (χ2n) is 5.49. The minimum Gasteiger partial charge on any atom is -0.481 e. The third-order valence-electron chi connectivity index (χ3n) is 3.28. The summed E-state index contributed by atoms with van der Waals surface area (Å²) in [4.78, 5) is 20.0. The second-order valence-corrected chi connectivity index (χ2v) is 5.49. The summed E-state index contributed by atoms with van der Waals surface area (Å²) >= 11 is 0. The molecule has 0 radical (unpaired) electrons. The highest BCUT2D eigenvalue weighted by Gasteiger charge is 2.32. The van der Waals surface area contributed by atoms with Crippen LogP contribution in [0.25, 0.3) is 0 Å². The lowest BCUT2D eigenvalue weighted by atomic mass is 9.75. The SMILES string of the molecule is CC(=O)O.CC(=O)O[C@@H]1C[C@H](C)CC[C@H]1C(C)C. The molecule has 0 saturated heterocycles. The van der Waals surface area contributed by atoms with Gasteiger partial charge >= 0.3 is 5.97 Å². The summed E-state index contributed by atoms with van der Waals surface area (Å²) in [6, 6.07) is 0. The van der Waals surface area contributed by atoms with Gasteiger partial charge in [-0.05, 0) is 30.6 Å². The molecule has 4 nitrogen and oxygen atoms in total. The molecule has 106 valence electrons. The zero-order chi connectivity index (χ0) is 14.3. The van der Waals surface area contributed by atoms with E-state index >= 15 is 0 Å². The van der Waals surface area contributed by atoms with Crippen LogP contribution in [0.4, 0.5) is 0 Å². The highest BCUT2D eigenvalue weighted by molar-refractivity contribution is 5.66. The largest absolute Gasteiger partial charge is 0.481 e. The van der Waals surface area contributed by atoms with Crippen LogP contribution in [0.3, 0.4) is 0 Å². The van der Waals surface area contributed by atoms with Gasteiger partial charge in [-0.2, -0.15) is 0 Å². The predicted octanol–water partition coefficient (Wildman–Crippen LogP) is 3.10. The molecule has 1 aliphatic carbocycles. The molecule has 1 fully saturated rings. The topological polar surface area (TPSA) is 63.6 Å². The summed E-state index contributed by atoms with van der Waals surface area (Å²) in [6.07, 6.45) is 3.69. The first kappa shape index (κ1) is 16.9. The first-order chi connectivity index (χ1) is 8.23. The molecule has 0 heterocycles. The monoisotopic (exact) mass is 258 g/mol. The van der Waals surface area contributed by atoms with E-state index in [1.807, 2.05) is 0 Å². The fraction of sp³-hybridized carbons (Fsp3) is 0.857. The predicted molar refractivity (Wildman–Crippen MR) is 70.2 cm³/mol. The fourth-order valence-electron chi connectivity index (χ4n) is 2.46. The normalized spacial score (nSPS) is 27.1. The van der Waals surface area contributed by atoms with E-state index in [2.05, 4.69) is 20.8 Å². The van der Waals surface area contributed by atoms with Crippen molar-refractivity contribution in [1.29, 1.82) is 0 Å². The average molecular weight is 258 g/mol. The van der Waals surface area contributed by atoms with E-state index in [9.17, 15) is 4.79 Å². The van der Waals surface area contributed by atoms with Crippen molar-refractivity contribution < 1.29 is 19.4 Å². The quantitative estimate of drug-likeness (QED) is 0.773. The molecule has 0 bridgehead atoms. The highest BCUT2D eigenvalue weighted by Crippen LogP contribution is 2.35. The van der Waals surface area contributed by atoms with Gasteiger partial charge in [-0.3, -0.25) is 9.59 Å². The molecule has 0 amide bonds. The van der Waals surface area contributed by atoms with Crippen LogP contribution >= 0.6 is 0 Å². The molecule has 0 spiro atoms. The van der Waals surface area contributed by atoms with Gasteiger partial charge < -0.3 is 9.84 Å². The van der Waals surface area contributed by atoms with Gasteiger partial charge in [0.2, 0.25) is 0 Å². The third kappa shape index (κ3) is 7.30. The fourth-order valence-corrected chi connectivity index (χ4v) is 2.46. The molecule has 1 aliphatic rings. The number of carbonyl (C=O) groups is 2. The number of ether oxygens (including phenoxy) is 1. The van der Waals surface area contributed by atoms with Crippen molar-refractivity contribution in [3.63, 3.8) is 0 Å². The van der Waals surface area contributed by atoms with Gasteiger partial charge in [-0.25, -0.2) is 0 Å². The molecular formula is C14H26O4. The number of carboxylic acids is 1. The average Bonchev–Trinajstić information content (AvgIpc) is 2.14. The van der Waals surface area contributed by atoms with Gasteiger partial charge in [0.05, 0.1) is 0 Å². The number of aliphatic carboxylic acids is 1. The Labute approximate surface area is 110 Å². The number of hydrogen-bond donors (Lipinski definition) is 1. The molecule has 4 heteroatoms. The molecule has 0 aliphatic heterocycles. The maximum absolute atomic E-state index is 11.0. The van der Waals surface area contributed by atoms with Gasteiger partial charge in [0.25, 0.3) is 5.97 Å². The van der Waals surface area contributed by atoms with E-state index in [1.54, 1.807) is 0 Å². The number of rotatable bonds is 2. The zero-order valence-electron chi connectivity index (χ0n) is 12.1. The van der Waals surface area contributed by atoms with Gasteiger partial charge in [-0.15, -0.1) is 0 Å². The van der Waals surface area contributed by atoms with E-state index in [0.717, 1.165) is 13.3 Å². The zero-order valence-corrected chi connectivity index (χ0v) is 12.1. The molecule has 1 saturated carbocycles. The van der Waals surface area contributed by atoms with Crippen molar-refractivity contribution in [1.82, 2.24) is 0 Å². The van der Waals surface area contributed by atoms with E-state index < -0.39 is 5.97 Å². The van der Waals surface area contributed by atoms with Crippen molar-refractivity contribution in [2.24, 2.45) is 17.8 Å². The summed E-state index contributed by atoms with van der Waals surface area (Å²) in [5.74, 6) is 0.922. The van der Waals surface area contributed by atoms with Crippen LogP contribution in [0.5, 0.6) is 0 Å². The summed E-state index contributed by atoms with van der Waals surface area (Å²) in [7, 11) is 0. The van der Waals surface area contributed by atoms with Crippen molar-refractivity contribution in [3.8, 4) is 0 Å². The Hall–Kier alpha value is -1.06. The van der Waals surface area contributed by atoms with Crippen molar-refractivity contribution in [3.05, 3.63) is 0 Å². The third-order valence-corrected chi connectivity index (χ3v) is 3.28. The van der Waals surface area contributed by atoms with Gasteiger partial charge in [-0.1, -0.05) is 27.2 Å². The Morgan fingerprint density at radius 2 is 1.72 bits per heavy atom. The smallest absolute Gasteiger partial charge is 0.302 e. The molecular weight excluding hydrogens is 232 g/mol. The van der Waals surface area contributed by atoms with Crippen LogP contribution in [0.2, 0.25) is 0 Å². The maximum atomic E-state index is 11.0. The van der Waals surface area contributed by atoms with Crippen LogP contribution in [0.1, 0.15) is 53.9 Å². The summed E-state index contributed by atoms with van der Waals surface area (Å²) < 4.78 is 5.40. The molecule has 0 aromatic rings. The van der Waals surface area contributed by atoms with Crippen LogP contribution in [0, 0.1) is 17.8 Å². The van der Waals surface area contributed by atoms with Crippen molar-refractivity contribution in [2.75, 3.05) is 0 Å². The second kappa shape index (κ2) is 8.11. The first-order valence-corrected chi connectivity index (χ1v) is 6.60. The van der Waals surface area contributed by atoms with Crippen LogP contribution in [-0.2, 0) is 14.3 Å². The van der Waals surface area contributed by atoms with E-state index in [4.69, 9.17) is 14.6 Å². The highest BCUT2D eigenvalue weighted by atomic mass is 16.5. The van der Waals surface area contributed by atoms with Crippen LogP contribution < -0.4 is 0 Å². The Morgan fingerprint density at radius 3 is 2.11 bits per heavy atom. The Bertz CT molecular complexity index is 269. The van der Waals surface area contributed by atoms with Crippen molar-refractivity contribution >= 4 is 11.9 Å². The molecule has 1 N–H and O–H groups in total. The van der Waals surface area contributed by atoms with E-state index in [-0.39, 0.29) is 12.1 Å². The molecule has 3 atom stereocenters. The Morgan fingerprint density at radius 1 is 1.22 bits per heavy atom. The lowest BCUT2D eigenvalue weighted by Crippen LogP contribution is -2.35. The number of hydrogen-bond acceptors (Lipinski definition) is 3. The van der Waals surface area contributed by atoms with E-state index in [1.165, 1.54) is 19.8 Å². The summed E-state index contributed by atoms with van der Waals surface area (Å²) in [5.41, 5.74) is 0. The van der Waals surface area contributed by atoms with Crippen LogP contribution in [-0.4, -0.2) is 23.1 Å². The lowest BCUT2D eigenvalue weighted by molar-refractivity contribution is -0.153. The number of carboxylic acid groups (broad SMARTS) is 1. The minimum atomic E-state index is -0.833. The Balaban J connectivity index is 0.000000631. The Kier molecular flexibility index (Phi) is 7.64. The first-order valence-electron chi connectivity index (χ1n) is 6.60. The lowest BCUT2D eigenvalue weighted by Gasteiger charge is -2.36. The van der Waals surface area contributed by atoms with Gasteiger partial charge in [0.15, 0.2) is 0 Å². The molecule has 0 unspecified atom stereocenters.